The van der Waals surface area contributed by atoms with Gasteiger partial charge in [0, 0.05) is 5.56 Å². The molecule has 1 saturated heterocycles. The molecule has 2 heterocycles. The molecule has 21 heavy (non-hydrogen) atoms. The number of nitrogens with one attached hydrogen (secondary N) is 1. The largest absolute Gasteiger partial charge is 0.337 e. The predicted octanol–water partition coefficient (Wildman–Crippen LogP) is 3.75. The zero-order valence-corrected chi connectivity index (χ0v) is 12.8. The normalized spacial score (nSPS) is 22.4. The van der Waals surface area contributed by atoms with Crippen LogP contribution in [0.25, 0.3) is 11.4 Å². The van der Waals surface area contributed by atoms with Crippen molar-refractivity contribution in [3.63, 3.8) is 0 Å². The van der Waals surface area contributed by atoms with Crippen LogP contribution in [-0.4, -0.2) is 16.7 Å². The molecule has 2 unspecified atom stereocenters. The second kappa shape index (κ2) is 6.39. The number of nitrogens with zero attached hydrogens (tertiary/aromatic N) is 2. The van der Waals surface area contributed by atoms with Gasteiger partial charge >= 0.3 is 0 Å². The monoisotopic (exact) mass is 285 g/mol. The standard InChI is InChI=1S/C17H23N3O/c1-3-12-5-7-14(8-6-12)16-19-17(21-20-16)15-11-13(4-2)9-10-18-15/h5-8,13,15,18H,3-4,9-11H2,1-2H3. The van der Waals surface area contributed by atoms with Crippen molar-refractivity contribution in [2.75, 3.05) is 6.54 Å². The average Bonchev–Trinajstić information content (AvgIpc) is 3.05. The molecule has 0 amide bonds. The van der Waals surface area contributed by atoms with Gasteiger partial charge in [0.2, 0.25) is 11.7 Å². The van der Waals surface area contributed by atoms with E-state index in [4.69, 9.17) is 4.52 Å². The van der Waals surface area contributed by atoms with E-state index in [1.165, 1.54) is 18.4 Å². The zero-order chi connectivity index (χ0) is 14.7. The van der Waals surface area contributed by atoms with E-state index < -0.39 is 0 Å². The lowest BCUT2D eigenvalue weighted by Crippen LogP contribution is -2.31. The van der Waals surface area contributed by atoms with Gasteiger partial charge in [-0.1, -0.05) is 49.7 Å². The van der Waals surface area contributed by atoms with Crippen LogP contribution in [-0.2, 0) is 6.42 Å². The molecule has 0 spiro atoms. The first-order chi connectivity index (χ1) is 10.3. The van der Waals surface area contributed by atoms with Crippen molar-refractivity contribution in [2.45, 2.75) is 45.6 Å². The van der Waals surface area contributed by atoms with E-state index in [2.05, 4.69) is 53.6 Å². The molecule has 0 saturated carbocycles. The summed E-state index contributed by atoms with van der Waals surface area (Å²) in [6.45, 7) is 5.44. The van der Waals surface area contributed by atoms with Crippen molar-refractivity contribution < 1.29 is 4.52 Å². The molecule has 2 atom stereocenters. The second-order valence-electron chi connectivity index (χ2n) is 5.81. The number of aromatic nitrogens is 2. The fraction of sp³-hybridized carbons (Fsp3) is 0.529. The number of benzene rings is 1. The van der Waals surface area contributed by atoms with Crippen molar-refractivity contribution in [2.24, 2.45) is 5.92 Å². The molecule has 3 rings (SSSR count). The highest BCUT2D eigenvalue weighted by molar-refractivity contribution is 5.54. The molecule has 1 aromatic carbocycles. The molecule has 1 aromatic heterocycles. The van der Waals surface area contributed by atoms with Crippen LogP contribution in [0.4, 0.5) is 0 Å². The number of aryl methyl sites for hydroxylation is 1. The summed E-state index contributed by atoms with van der Waals surface area (Å²) in [5.74, 6) is 2.17. The molecule has 0 aliphatic carbocycles. The van der Waals surface area contributed by atoms with Gasteiger partial charge in [0.15, 0.2) is 0 Å². The third-order valence-electron chi connectivity index (χ3n) is 4.45. The minimum atomic E-state index is 0.208. The molecule has 1 fully saturated rings. The van der Waals surface area contributed by atoms with E-state index in [9.17, 15) is 0 Å². The highest BCUT2D eigenvalue weighted by Gasteiger charge is 2.26. The Morgan fingerprint density at radius 3 is 2.76 bits per heavy atom. The summed E-state index contributed by atoms with van der Waals surface area (Å²) in [6.07, 6.45) is 4.60. The maximum absolute atomic E-state index is 5.48. The first-order valence-electron chi connectivity index (χ1n) is 7.96. The first-order valence-corrected chi connectivity index (χ1v) is 7.96. The smallest absolute Gasteiger partial charge is 0.244 e. The van der Waals surface area contributed by atoms with Crippen molar-refractivity contribution in [1.82, 2.24) is 15.5 Å². The fourth-order valence-electron chi connectivity index (χ4n) is 2.94. The summed E-state index contributed by atoms with van der Waals surface area (Å²) in [7, 11) is 0. The maximum Gasteiger partial charge on any atom is 0.244 e. The lowest BCUT2D eigenvalue weighted by atomic mass is 9.90. The Hall–Kier alpha value is -1.68. The van der Waals surface area contributed by atoms with Gasteiger partial charge in [-0.15, -0.1) is 0 Å². The van der Waals surface area contributed by atoms with Crippen molar-refractivity contribution in [3.8, 4) is 11.4 Å². The average molecular weight is 285 g/mol. The van der Waals surface area contributed by atoms with Gasteiger partial charge in [0.25, 0.3) is 0 Å². The van der Waals surface area contributed by atoms with Crippen LogP contribution in [0.1, 0.15) is 50.6 Å². The van der Waals surface area contributed by atoms with Crippen LogP contribution in [0.3, 0.4) is 0 Å². The zero-order valence-electron chi connectivity index (χ0n) is 12.8. The van der Waals surface area contributed by atoms with Gasteiger partial charge in [0.1, 0.15) is 0 Å². The number of hydrogen-bond acceptors (Lipinski definition) is 4. The molecule has 0 bridgehead atoms. The highest BCUT2D eigenvalue weighted by atomic mass is 16.5. The topological polar surface area (TPSA) is 51.0 Å². The molecule has 112 valence electrons. The third-order valence-corrected chi connectivity index (χ3v) is 4.45. The summed E-state index contributed by atoms with van der Waals surface area (Å²) in [6, 6.07) is 8.59. The minimum Gasteiger partial charge on any atom is -0.337 e. The molecule has 1 aliphatic rings. The number of rotatable bonds is 4. The Morgan fingerprint density at radius 1 is 1.24 bits per heavy atom. The van der Waals surface area contributed by atoms with Crippen molar-refractivity contribution >= 4 is 0 Å². The van der Waals surface area contributed by atoms with Gasteiger partial charge in [-0.25, -0.2) is 0 Å². The van der Waals surface area contributed by atoms with Gasteiger partial charge in [-0.2, -0.15) is 4.98 Å². The minimum absolute atomic E-state index is 0.208. The summed E-state index contributed by atoms with van der Waals surface area (Å²) in [5, 5.41) is 7.63. The SMILES string of the molecule is CCc1ccc(-c2noc(C3CC(CC)CCN3)n2)cc1. The van der Waals surface area contributed by atoms with Gasteiger partial charge < -0.3 is 9.84 Å². The number of hydrogen-bond donors (Lipinski definition) is 1. The van der Waals surface area contributed by atoms with Crippen LogP contribution in [0.2, 0.25) is 0 Å². The first kappa shape index (κ1) is 14.3. The van der Waals surface area contributed by atoms with E-state index >= 15 is 0 Å². The highest BCUT2D eigenvalue weighted by Crippen LogP contribution is 2.29. The van der Waals surface area contributed by atoms with E-state index in [1.807, 2.05) is 0 Å². The van der Waals surface area contributed by atoms with Crippen LogP contribution in [0, 0.1) is 5.92 Å². The van der Waals surface area contributed by atoms with E-state index in [0.717, 1.165) is 36.8 Å². The molecule has 0 radical (unpaired) electrons. The third kappa shape index (κ3) is 3.16. The van der Waals surface area contributed by atoms with Gasteiger partial charge in [-0.05, 0) is 37.3 Å². The lowest BCUT2D eigenvalue weighted by molar-refractivity contribution is 0.246. The summed E-state index contributed by atoms with van der Waals surface area (Å²) in [4.78, 5) is 4.59. The van der Waals surface area contributed by atoms with E-state index in [-0.39, 0.29) is 6.04 Å². The summed E-state index contributed by atoms with van der Waals surface area (Å²) in [5.41, 5.74) is 2.34. The second-order valence-corrected chi connectivity index (χ2v) is 5.81. The fourth-order valence-corrected chi connectivity index (χ4v) is 2.94. The molecular formula is C17H23N3O. The summed E-state index contributed by atoms with van der Waals surface area (Å²) < 4.78 is 5.48. The molecule has 4 nitrogen and oxygen atoms in total. The Balaban J connectivity index is 1.76. The predicted molar refractivity (Wildman–Crippen MR) is 82.9 cm³/mol. The molecule has 1 N–H and O–H groups in total. The summed E-state index contributed by atoms with van der Waals surface area (Å²) >= 11 is 0. The van der Waals surface area contributed by atoms with Crippen molar-refractivity contribution in [1.29, 1.82) is 0 Å². The van der Waals surface area contributed by atoms with E-state index in [0.29, 0.717) is 5.82 Å². The van der Waals surface area contributed by atoms with Crippen LogP contribution in [0.5, 0.6) is 0 Å². The quantitative estimate of drug-likeness (QED) is 0.929. The molecule has 1 aliphatic heterocycles. The van der Waals surface area contributed by atoms with Crippen molar-refractivity contribution in [3.05, 3.63) is 35.7 Å². The molecular weight excluding hydrogens is 262 g/mol. The molecule has 4 heteroatoms. The lowest BCUT2D eigenvalue weighted by Gasteiger charge is -2.27. The van der Waals surface area contributed by atoms with Crippen LogP contribution < -0.4 is 5.32 Å². The Morgan fingerprint density at radius 2 is 2.05 bits per heavy atom. The Bertz CT molecular complexity index is 576. The maximum atomic E-state index is 5.48. The van der Waals surface area contributed by atoms with Crippen LogP contribution >= 0.6 is 0 Å². The number of piperidine rings is 1. The van der Waals surface area contributed by atoms with Gasteiger partial charge in [-0.3, -0.25) is 0 Å². The Kier molecular flexibility index (Phi) is 4.34. The van der Waals surface area contributed by atoms with Crippen LogP contribution in [0.15, 0.2) is 28.8 Å². The molecule has 2 aromatic rings. The van der Waals surface area contributed by atoms with Gasteiger partial charge in [0.05, 0.1) is 6.04 Å². The Labute approximate surface area is 126 Å². The van der Waals surface area contributed by atoms with E-state index in [1.54, 1.807) is 0 Å².